The van der Waals surface area contributed by atoms with Gasteiger partial charge in [-0.05, 0) is 26.2 Å². The average Bonchev–Trinajstić information content (AvgIpc) is 2.26. The number of hydrogen-bond acceptors (Lipinski definition) is 2. The molecule has 0 aromatic carbocycles. The number of carbonyl (C=O) groups is 1. The third-order valence-corrected chi connectivity index (χ3v) is 2.42. The summed E-state index contributed by atoms with van der Waals surface area (Å²) in [5, 5.41) is 0. The van der Waals surface area contributed by atoms with E-state index < -0.39 is 0 Å². The van der Waals surface area contributed by atoms with Gasteiger partial charge in [-0.2, -0.15) is 0 Å². The highest BCUT2D eigenvalue weighted by atomic mass is 16.5. The van der Waals surface area contributed by atoms with Gasteiger partial charge in [-0.15, -0.1) is 0 Å². The lowest BCUT2D eigenvalue weighted by molar-refractivity contribution is -0.145. The summed E-state index contributed by atoms with van der Waals surface area (Å²) in [4.78, 5) is 10.7. The minimum Gasteiger partial charge on any atom is -0.463 e. The molecule has 17 heavy (non-hydrogen) atoms. The Bertz CT molecular complexity index is 241. The number of esters is 1. The van der Waals surface area contributed by atoms with Crippen molar-refractivity contribution in [2.45, 2.75) is 65.4 Å². The molecule has 0 saturated heterocycles. The summed E-state index contributed by atoms with van der Waals surface area (Å²) in [6, 6.07) is 0. The first-order chi connectivity index (χ1) is 8.16. The zero-order chi connectivity index (χ0) is 12.9. The molecule has 2 nitrogen and oxygen atoms in total. The second-order valence-electron chi connectivity index (χ2n) is 4.33. The van der Waals surface area contributed by atoms with Gasteiger partial charge in [0.25, 0.3) is 0 Å². The van der Waals surface area contributed by atoms with E-state index >= 15 is 0 Å². The van der Waals surface area contributed by atoms with Gasteiger partial charge < -0.3 is 4.74 Å². The predicted molar refractivity (Wildman–Crippen MR) is 72.9 cm³/mol. The van der Waals surface area contributed by atoms with Gasteiger partial charge in [0.2, 0.25) is 0 Å². The van der Waals surface area contributed by atoms with E-state index in [4.69, 9.17) is 4.74 Å². The number of unbranched alkanes of at least 4 members (excludes halogenated alkanes) is 3. The smallest absolute Gasteiger partial charge is 0.302 e. The van der Waals surface area contributed by atoms with Gasteiger partial charge in [0.1, 0.15) is 6.10 Å². The zero-order valence-corrected chi connectivity index (χ0v) is 11.4. The summed E-state index contributed by atoms with van der Waals surface area (Å²) >= 11 is 0. The van der Waals surface area contributed by atoms with Crippen molar-refractivity contribution < 1.29 is 9.53 Å². The number of rotatable bonds is 9. The van der Waals surface area contributed by atoms with Crippen molar-refractivity contribution in [2.24, 2.45) is 0 Å². The highest BCUT2D eigenvalue weighted by Crippen LogP contribution is 2.02. The van der Waals surface area contributed by atoms with Gasteiger partial charge in [-0.25, -0.2) is 0 Å². The van der Waals surface area contributed by atoms with Gasteiger partial charge in [0.05, 0.1) is 0 Å². The fraction of sp³-hybridized carbons (Fsp3) is 0.667. The van der Waals surface area contributed by atoms with Crippen LogP contribution in [-0.4, -0.2) is 12.1 Å². The number of ether oxygens (including phenoxy) is 1. The van der Waals surface area contributed by atoms with Crippen molar-refractivity contribution in [1.82, 2.24) is 0 Å². The molecule has 0 aliphatic rings. The van der Waals surface area contributed by atoms with Crippen LogP contribution in [0.25, 0.3) is 0 Å². The van der Waals surface area contributed by atoms with Crippen molar-refractivity contribution in [3.05, 3.63) is 24.3 Å². The van der Waals surface area contributed by atoms with Gasteiger partial charge >= 0.3 is 5.97 Å². The Kier molecular flexibility index (Phi) is 10.7. The van der Waals surface area contributed by atoms with Crippen LogP contribution in [0.1, 0.15) is 59.3 Å². The van der Waals surface area contributed by atoms with E-state index in [9.17, 15) is 4.79 Å². The van der Waals surface area contributed by atoms with Crippen molar-refractivity contribution in [3.63, 3.8) is 0 Å². The average molecular weight is 238 g/mol. The van der Waals surface area contributed by atoms with Crippen LogP contribution in [0.15, 0.2) is 24.3 Å². The molecule has 0 aliphatic heterocycles. The lowest BCUT2D eigenvalue weighted by Crippen LogP contribution is -2.10. The van der Waals surface area contributed by atoms with E-state index in [1.54, 1.807) is 0 Å². The molecule has 0 saturated carbocycles. The molecule has 0 amide bonds. The SMILES string of the molecule is CCCCCC=CCC=CCC(C)OC(C)=O. The van der Waals surface area contributed by atoms with E-state index in [-0.39, 0.29) is 12.1 Å². The molecular weight excluding hydrogens is 212 g/mol. The summed E-state index contributed by atoms with van der Waals surface area (Å²) < 4.78 is 5.01. The molecule has 0 aliphatic carbocycles. The Morgan fingerprint density at radius 2 is 1.88 bits per heavy atom. The Morgan fingerprint density at radius 3 is 2.53 bits per heavy atom. The highest BCUT2D eigenvalue weighted by molar-refractivity contribution is 5.66. The maximum atomic E-state index is 10.7. The minimum atomic E-state index is -0.207. The predicted octanol–water partition coefficient (Wildman–Crippen LogP) is 4.41. The van der Waals surface area contributed by atoms with E-state index in [0.29, 0.717) is 0 Å². The summed E-state index contributed by atoms with van der Waals surface area (Å²) in [7, 11) is 0. The summed E-state index contributed by atoms with van der Waals surface area (Å²) in [5.74, 6) is -0.207. The maximum absolute atomic E-state index is 10.7. The molecule has 0 spiro atoms. The normalized spacial score (nSPS) is 13.4. The molecule has 0 rings (SSSR count). The van der Waals surface area contributed by atoms with Gasteiger partial charge in [0, 0.05) is 13.3 Å². The first-order valence-electron chi connectivity index (χ1n) is 6.64. The molecule has 98 valence electrons. The quantitative estimate of drug-likeness (QED) is 0.338. The van der Waals surface area contributed by atoms with Crippen molar-refractivity contribution in [2.75, 3.05) is 0 Å². The number of carbonyl (C=O) groups excluding carboxylic acids is 1. The molecule has 0 N–H and O–H groups in total. The van der Waals surface area contributed by atoms with Crippen molar-refractivity contribution in [3.8, 4) is 0 Å². The van der Waals surface area contributed by atoms with E-state index in [0.717, 1.165) is 12.8 Å². The Hall–Kier alpha value is -1.05. The Labute approximate surface area is 106 Å². The van der Waals surface area contributed by atoms with Crippen LogP contribution in [0, 0.1) is 0 Å². The van der Waals surface area contributed by atoms with E-state index in [1.165, 1.54) is 32.6 Å². The van der Waals surface area contributed by atoms with Crippen LogP contribution in [0.2, 0.25) is 0 Å². The summed E-state index contributed by atoms with van der Waals surface area (Å²) in [5.41, 5.74) is 0. The standard InChI is InChI=1S/C15H26O2/c1-4-5-6-7-8-9-10-11-12-13-14(2)17-15(3)16/h8-9,11-12,14H,4-7,10,13H2,1-3H3. The molecule has 1 atom stereocenters. The summed E-state index contributed by atoms with van der Waals surface area (Å²) in [6.07, 6.45) is 15.5. The largest absolute Gasteiger partial charge is 0.463 e. The number of allylic oxidation sites excluding steroid dienone is 3. The summed E-state index contributed by atoms with van der Waals surface area (Å²) in [6.45, 7) is 5.57. The van der Waals surface area contributed by atoms with Crippen LogP contribution in [0.4, 0.5) is 0 Å². The van der Waals surface area contributed by atoms with Crippen LogP contribution >= 0.6 is 0 Å². The lowest BCUT2D eigenvalue weighted by atomic mass is 10.2. The second-order valence-corrected chi connectivity index (χ2v) is 4.33. The molecule has 0 radical (unpaired) electrons. The molecule has 2 heteroatoms. The molecular formula is C15H26O2. The monoisotopic (exact) mass is 238 g/mol. The van der Waals surface area contributed by atoms with Gasteiger partial charge in [-0.3, -0.25) is 4.79 Å². The molecule has 1 unspecified atom stereocenters. The molecule has 0 aromatic heterocycles. The van der Waals surface area contributed by atoms with E-state index in [1.807, 2.05) is 6.92 Å². The Balaban J connectivity index is 3.44. The maximum Gasteiger partial charge on any atom is 0.302 e. The number of hydrogen-bond donors (Lipinski definition) is 0. The third-order valence-electron chi connectivity index (χ3n) is 2.42. The first kappa shape index (κ1) is 16.0. The Morgan fingerprint density at radius 1 is 1.18 bits per heavy atom. The van der Waals surface area contributed by atoms with Crippen LogP contribution in [-0.2, 0) is 9.53 Å². The second kappa shape index (κ2) is 11.4. The third kappa shape index (κ3) is 12.9. The molecule has 0 bridgehead atoms. The van der Waals surface area contributed by atoms with Crippen molar-refractivity contribution in [1.29, 1.82) is 0 Å². The first-order valence-corrected chi connectivity index (χ1v) is 6.64. The van der Waals surface area contributed by atoms with Gasteiger partial charge in [-0.1, -0.05) is 44.1 Å². The fourth-order valence-corrected chi connectivity index (χ4v) is 1.52. The molecule has 0 aromatic rings. The molecule has 0 heterocycles. The zero-order valence-electron chi connectivity index (χ0n) is 11.4. The minimum absolute atomic E-state index is 0.0164. The topological polar surface area (TPSA) is 26.3 Å². The van der Waals surface area contributed by atoms with Crippen LogP contribution < -0.4 is 0 Å². The molecule has 0 fully saturated rings. The van der Waals surface area contributed by atoms with E-state index in [2.05, 4.69) is 31.2 Å². The van der Waals surface area contributed by atoms with Crippen LogP contribution in [0.5, 0.6) is 0 Å². The fourth-order valence-electron chi connectivity index (χ4n) is 1.52. The highest BCUT2D eigenvalue weighted by Gasteiger charge is 2.01. The van der Waals surface area contributed by atoms with Crippen LogP contribution in [0.3, 0.4) is 0 Å². The van der Waals surface area contributed by atoms with Gasteiger partial charge in [0.15, 0.2) is 0 Å². The van der Waals surface area contributed by atoms with Crippen molar-refractivity contribution >= 4 is 5.97 Å². The lowest BCUT2D eigenvalue weighted by Gasteiger charge is -2.07.